The number of nitrogens with zero attached hydrogens (tertiary/aromatic N) is 2. The first kappa shape index (κ1) is 27.4. The van der Waals surface area contributed by atoms with Gasteiger partial charge in [0.1, 0.15) is 5.75 Å². The van der Waals surface area contributed by atoms with Crippen LogP contribution in [-0.2, 0) is 28.7 Å². The number of nitrogens with one attached hydrogen (secondary N) is 1. The Morgan fingerprint density at radius 3 is 2.50 bits per heavy atom. The van der Waals surface area contributed by atoms with Crippen molar-refractivity contribution in [1.29, 1.82) is 0 Å². The predicted octanol–water partition coefficient (Wildman–Crippen LogP) is 4.32. The maximum absolute atomic E-state index is 13.3. The summed E-state index contributed by atoms with van der Waals surface area (Å²) in [4.78, 5) is 40.5. The van der Waals surface area contributed by atoms with E-state index in [-0.39, 0.29) is 34.8 Å². The first-order chi connectivity index (χ1) is 17.8. The van der Waals surface area contributed by atoms with E-state index in [2.05, 4.69) is 5.32 Å². The van der Waals surface area contributed by atoms with Gasteiger partial charge in [-0.3, -0.25) is 9.59 Å². The number of anilines is 2. The summed E-state index contributed by atoms with van der Waals surface area (Å²) in [5.41, 5.74) is 5.05. The van der Waals surface area contributed by atoms with Gasteiger partial charge < -0.3 is 31.1 Å². The lowest BCUT2D eigenvalue weighted by Gasteiger charge is -2.40. The fraction of sp³-hybridized carbons (Fsp3) is 0.400. The fourth-order valence-corrected chi connectivity index (χ4v) is 5.14. The van der Waals surface area contributed by atoms with Crippen molar-refractivity contribution in [1.82, 2.24) is 9.80 Å². The first-order valence-electron chi connectivity index (χ1n) is 11.9. The molecule has 0 aromatic heterocycles. The summed E-state index contributed by atoms with van der Waals surface area (Å²) in [6.45, 7) is 0.885. The van der Waals surface area contributed by atoms with Crippen molar-refractivity contribution in [2.75, 3.05) is 24.1 Å². The number of halogens is 4. The zero-order valence-electron chi connectivity index (χ0n) is 20.1. The smallest absolute Gasteiger partial charge is 0.418 e. The maximum Gasteiger partial charge on any atom is 0.418 e. The van der Waals surface area contributed by atoms with Gasteiger partial charge in [-0.2, -0.15) is 13.2 Å². The van der Waals surface area contributed by atoms with Crippen LogP contribution >= 0.6 is 11.6 Å². The van der Waals surface area contributed by atoms with Gasteiger partial charge in [0.25, 0.3) is 0 Å². The van der Waals surface area contributed by atoms with Gasteiger partial charge in [0.15, 0.2) is 0 Å². The van der Waals surface area contributed by atoms with Crippen LogP contribution in [0.15, 0.2) is 30.3 Å². The molecule has 1 atom stereocenters. The molecule has 3 amide bonds. The minimum Gasteiger partial charge on any atom is -0.508 e. The molecule has 1 unspecified atom stereocenters. The summed E-state index contributed by atoms with van der Waals surface area (Å²) in [6.07, 6.45) is -4.57. The molecule has 204 valence electrons. The number of nitrogen functional groups attached to an aromatic ring is 1. The summed E-state index contributed by atoms with van der Waals surface area (Å²) >= 11 is 5.85. The van der Waals surface area contributed by atoms with Crippen LogP contribution in [0.1, 0.15) is 36.0 Å². The number of carboxylic acid groups (broad SMARTS) is 1. The lowest BCUT2D eigenvalue weighted by Crippen LogP contribution is -2.51. The van der Waals surface area contributed by atoms with Crippen LogP contribution in [0.4, 0.5) is 29.3 Å². The Morgan fingerprint density at radius 2 is 1.87 bits per heavy atom. The van der Waals surface area contributed by atoms with E-state index in [9.17, 15) is 37.8 Å². The monoisotopic (exact) mass is 554 g/mol. The number of fused-ring (bicyclic) bond motifs is 1. The number of phenols is 1. The summed E-state index contributed by atoms with van der Waals surface area (Å²) in [5.74, 6) is -2.93. The molecule has 2 aromatic rings. The van der Waals surface area contributed by atoms with E-state index < -0.39 is 41.6 Å². The minimum atomic E-state index is -4.77. The number of urea groups is 1. The molecule has 2 aromatic carbocycles. The third-order valence-corrected chi connectivity index (χ3v) is 7.25. The highest BCUT2D eigenvalue weighted by Gasteiger charge is 2.36. The van der Waals surface area contributed by atoms with Crippen molar-refractivity contribution in [3.63, 3.8) is 0 Å². The molecule has 0 spiro atoms. The predicted molar refractivity (Wildman–Crippen MR) is 133 cm³/mol. The van der Waals surface area contributed by atoms with Crippen LogP contribution in [0.2, 0.25) is 5.02 Å². The molecule has 2 aliphatic heterocycles. The second-order valence-corrected chi connectivity index (χ2v) is 9.90. The van der Waals surface area contributed by atoms with Gasteiger partial charge in [-0.25, -0.2) is 4.79 Å². The number of hydrogen-bond donors (Lipinski definition) is 4. The lowest BCUT2D eigenvalue weighted by atomic mass is 9.93. The second-order valence-electron chi connectivity index (χ2n) is 9.49. The zero-order chi connectivity index (χ0) is 27.8. The van der Waals surface area contributed by atoms with E-state index >= 15 is 0 Å². The molecule has 0 saturated carbocycles. The lowest BCUT2D eigenvalue weighted by molar-refractivity contribution is -0.146. The van der Waals surface area contributed by atoms with E-state index in [1.54, 1.807) is 17.0 Å². The highest BCUT2D eigenvalue weighted by atomic mass is 35.5. The molecule has 1 saturated heterocycles. The van der Waals surface area contributed by atoms with Crippen LogP contribution < -0.4 is 11.1 Å². The topological polar surface area (TPSA) is 136 Å². The number of nitrogens with two attached hydrogens (primary N) is 1. The molecule has 2 heterocycles. The number of aliphatic carboxylic acids is 1. The van der Waals surface area contributed by atoms with Gasteiger partial charge in [0.05, 0.1) is 22.2 Å². The van der Waals surface area contributed by atoms with Crippen molar-refractivity contribution in [2.24, 2.45) is 5.92 Å². The SMILES string of the molecule is Nc1c(Cl)cc(CC(CC(=O)N2CCC(N3Cc4cc(O)ccc4NC3=O)CC2)C(=O)O)cc1C(F)(F)F. The first-order valence-corrected chi connectivity index (χ1v) is 12.3. The standard InChI is InChI=1S/C25H26ClF3N4O5/c26-19-9-13(8-18(22(19)30)25(27,28)29)7-14(23(36)37)11-21(35)32-5-3-16(4-6-32)33-12-15-10-17(34)1-2-20(15)31-24(33)38/h1-2,8-10,14,16,34H,3-7,11-12,30H2,(H,31,38)(H,36,37). The average Bonchev–Trinajstić information content (AvgIpc) is 2.84. The molecular formula is C25H26ClF3N4O5. The molecule has 5 N–H and O–H groups in total. The number of carbonyl (C=O) groups is 3. The number of likely N-dealkylation sites (tertiary alicyclic amines) is 1. The van der Waals surface area contributed by atoms with Gasteiger partial charge in [0, 0.05) is 37.8 Å². The van der Waals surface area contributed by atoms with Gasteiger partial charge in [-0.1, -0.05) is 11.6 Å². The van der Waals surface area contributed by atoms with E-state index in [1.807, 2.05) is 0 Å². The molecule has 38 heavy (non-hydrogen) atoms. The van der Waals surface area contributed by atoms with Crippen molar-refractivity contribution in [3.05, 3.63) is 52.0 Å². The Morgan fingerprint density at radius 1 is 1.18 bits per heavy atom. The highest BCUT2D eigenvalue weighted by molar-refractivity contribution is 6.33. The summed E-state index contributed by atoms with van der Waals surface area (Å²) in [7, 11) is 0. The Bertz CT molecular complexity index is 1260. The van der Waals surface area contributed by atoms with Gasteiger partial charge in [0.2, 0.25) is 5.91 Å². The minimum absolute atomic E-state index is 0.0119. The number of phenolic OH excluding ortho intramolecular Hbond substituents is 1. The van der Waals surface area contributed by atoms with Crippen molar-refractivity contribution in [3.8, 4) is 5.75 Å². The van der Waals surface area contributed by atoms with Crippen molar-refractivity contribution < 1.29 is 37.8 Å². The third kappa shape index (κ3) is 5.90. The zero-order valence-corrected chi connectivity index (χ0v) is 20.8. The molecule has 9 nitrogen and oxygen atoms in total. The van der Waals surface area contributed by atoms with Gasteiger partial charge in [-0.05, 0) is 60.7 Å². The molecule has 1 fully saturated rings. The van der Waals surface area contributed by atoms with E-state index in [4.69, 9.17) is 17.3 Å². The number of piperidine rings is 1. The van der Waals surface area contributed by atoms with E-state index in [0.29, 0.717) is 38.2 Å². The molecule has 13 heteroatoms. The number of alkyl halides is 3. The second kappa shape index (κ2) is 10.6. The number of carboxylic acids is 1. The summed E-state index contributed by atoms with van der Waals surface area (Å²) < 4.78 is 39.9. The van der Waals surface area contributed by atoms with Crippen molar-refractivity contribution in [2.45, 2.75) is 44.4 Å². The number of aromatic hydroxyl groups is 1. The van der Waals surface area contributed by atoms with Crippen LogP contribution in [-0.4, -0.2) is 57.1 Å². The Balaban J connectivity index is 1.38. The number of benzene rings is 2. The molecule has 2 aliphatic rings. The number of amides is 3. The Hall–Kier alpha value is -3.67. The van der Waals surface area contributed by atoms with Crippen LogP contribution in [0.25, 0.3) is 0 Å². The fourth-order valence-electron chi connectivity index (χ4n) is 4.89. The largest absolute Gasteiger partial charge is 0.508 e. The maximum atomic E-state index is 13.3. The summed E-state index contributed by atoms with van der Waals surface area (Å²) in [5, 5.41) is 21.9. The molecule has 4 rings (SSSR count). The van der Waals surface area contributed by atoms with Crippen LogP contribution in [0.3, 0.4) is 0 Å². The Labute approximate surface area is 221 Å². The van der Waals surface area contributed by atoms with Gasteiger partial charge in [-0.15, -0.1) is 0 Å². The van der Waals surface area contributed by atoms with E-state index in [0.717, 1.165) is 11.6 Å². The quantitative estimate of drug-likeness (QED) is 0.310. The third-order valence-electron chi connectivity index (χ3n) is 6.94. The van der Waals surface area contributed by atoms with Crippen LogP contribution in [0, 0.1) is 5.92 Å². The van der Waals surface area contributed by atoms with Crippen molar-refractivity contribution >= 4 is 40.9 Å². The Kier molecular flexibility index (Phi) is 7.63. The number of hydrogen-bond acceptors (Lipinski definition) is 5. The number of rotatable bonds is 6. The molecule has 0 aliphatic carbocycles. The van der Waals surface area contributed by atoms with Crippen LogP contribution in [0.5, 0.6) is 5.75 Å². The number of carbonyl (C=O) groups excluding carboxylic acids is 2. The van der Waals surface area contributed by atoms with E-state index in [1.165, 1.54) is 17.0 Å². The molecule has 0 bridgehead atoms. The van der Waals surface area contributed by atoms with Gasteiger partial charge >= 0.3 is 18.2 Å². The molecule has 0 radical (unpaired) electrons. The highest BCUT2D eigenvalue weighted by Crippen LogP contribution is 2.38. The summed E-state index contributed by atoms with van der Waals surface area (Å²) in [6, 6.07) is 6.19. The molecular weight excluding hydrogens is 529 g/mol. The average molecular weight is 555 g/mol. The normalized spacial score (nSPS) is 17.1.